The molecular formula is C16H9FN2O2S. The van der Waals surface area contributed by atoms with Gasteiger partial charge >= 0.3 is 0 Å². The smallest absolute Gasteiger partial charge is 0.210 e. The van der Waals surface area contributed by atoms with Gasteiger partial charge in [0.15, 0.2) is 0 Å². The molecule has 6 heteroatoms. The maximum absolute atomic E-state index is 14.1. The van der Waals surface area contributed by atoms with E-state index in [4.69, 9.17) is 5.26 Å². The molecule has 0 N–H and O–H groups in total. The second-order valence-corrected chi connectivity index (χ2v) is 6.50. The summed E-state index contributed by atoms with van der Waals surface area (Å²) in [6, 6.07) is 11.4. The number of hydrogen-bond donors (Lipinski definition) is 0. The molecule has 4 nitrogen and oxygen atoms in total. The summed E-state index contributed by atoms with van der Waals surface area (Å²) in [6.07, 6.45) is 3.03. The number of fused-ring (bicyclic) bond motifs is 1. The minimum absolute atomic E-state index is 0.0102. The lowest BCUT2D eigenvalue weighted by Crippen LogP contribution is -2.05. The van der Waals surface area contributed by atoms with Gasteiger partial charge in [0.2, 0.25) is 9.84 Å². The second kappa shape index (κ2) is 5.20. The van der Waals surface area contributed by atoms with Crippen LogP contribution < -0.4 is 0 Å². The SMILES string of the molecule is N#Cc1ccc(S(=O)(=O)c2cccc3cnccc23)c(F)c1. The third-order valence-corrected chi connectivity index (χ3v) is 5.13. The fourth-order valence-corrected chi connectivity index (χ4v) is 3.77. The number of sulfone groups is 1. The van der Waals surface area contributed by atoms with Crippen molar-refractivity contribution in [2.75, 3.05) is 0 Å². The summed E-state index contributed by atoms with van der Waals surface area (Å²) in [5.41, 5.74) is 0.0681. The first-order chi connectivity index (χ1) is 10.5. The van der Waals surface area contributed by atoms with Gasteiger partial charge in [0.25, 0.3) is 0 Å². The van der Waals surface area contributed by atoms with Gasteiger partial charge in [-0.25, -0.2) is 12.8 Å². The van der Waals surface area contributed by atoms with Gasteiger partial charge < -0.3 is 0 Å². The molecule has 1 heterocycles. The van der Waals surface area contributed by atoms with Crippen molar-refractivity contribution in [2.24, 2.45) is 0 Å². The zero-order chi connectivity index (χ0) is 15.7. The molecule has 3 aromatic rings. The van der Waals surface area contributed by atoms with Crippen LogP contribution in [0.15, 0.2) is 64.6 Å². The first kappa shape index (κ1) is 14.2. The Kier molecular flexibility index (Phi) is 3.35. The van der Waals surface area contributed by atoms with Crippen LogP contribution in [0.5, 0.6) is 0 Å². The molecule has 1 aromatic heterocycles. The highest BCUT2D eigenvalue weighted by Crippen LogP contribution is 2.29. The average molecular weight is 312 g/mol. The number of benzene rings is 2. The molecule has 0 radical (unpaired) electrons. The number of nitriles is 1. The van der Waals surface area contributed by atoms with Gasteiger partial charge in [0, 0.05) is 23.2 Å². The number of rotatable bonds is 2. The van der Waals surface area contributed by atoms with Crippen molar-refractivity contribution in [3.63, 3.8) is 0 Å². The standard InChI is InChI=1S/C16H9FN2O2S/c17-14-8-11(9-18)4-5-16(14)22(20,21)15-3-1-2-12-10-19-7-6-13(12)15/h1-8,10H. The summed E-state index contributed by atoms with van der Waals surface area (Å²) >= 11 is 0. The van der Waals surface area contributed by atoms with Gasteiger partial charge in [-0.3, -0.25) is 4.98 Å². The predicted octanol–water partition coefficient (Wildman–Crippen LogP) is 3.08. The summed E-state index contributed by atoms with van der Waals surface area (Å²) < 4.78 is 39.5. The molecule has 0 spiro atoms. The number of nitrogens with zero attached hydrogens (tertiary/aromatic N) is 2. The van der Waals surface area contributed by atoms with Gasteiger partial charge in [-0.05, 0) is 30.3 Å². The van der Waals surface area contributed by atoms with E-state index in [-0.39, 0.29) is 10.5 Å². The molecule has 0 aliphatic heterocycles. The topological polar surface area (TPSA) is 70.8 Å². The lowest BCUT2D eigenvalue weighted by atomic mass is 10.2. The van der Waals surface area contributed by atoms with Crippen molar-refractivity contribution < 1.29 is 12.8 Å². The summed E-state index contributed by atoms with van der Waals surface area (Å²) in [5.74, 6) is -0.940. The van der Waals surface area contributed by atoms with Crippen LogP contribution in [0, 0.1) is 17.1 Å². The largest absolute Gasteiger partial charge is 0.264 e. The maximum atomic E-state index is 14.1. The van der Waals surface area contributed by atoms with E-state index in [1.807, 2.05) is 0 Å². The summed E-state index contributed by atoms with van der Waals surface area (Å²) in [6.45, 7) is 0. The molecule has 0 atom stereocenters. The van der Waals surface area contributed by atoms with Gasteiger partial charge in [-0.15, -0.1) is 0 Å². The van der Waals surface area contributed by atoms with Gasteiger partial charge in [0.1, 0.15) is 10.7 Å². The Bertz CT molecular complexity index is 1020. The number of aromatic nitrogens is 1. The minimum Gasteiger partial charge on any atom is -0.264 e. The molecule has 0 amide bonds. The molecule has 0 aliphatic carbocycles. The van der Waals surface area contributed by atoms with E-state index < -0.39 is 20.5 Å². The number of hydrogen-bond acceptors (Lipinski definition) is 4. The Labute approximate surface area is 126 Å². The van der Waals surface area contributed by atoms with Crippen molar-refractivity contribution in [1.82, 2.24) is 4.98 Å². The lowest BCUT2D eigenvalue weighted by molar-refractivity contribution is 0.567. The van der Waals surface area contributed by atoms with Crippen LogP contribution in [-0.2, 0) is 9.84 Å². The zero-order valence-electron chi connectivity index (χ0n) is 11.2. The van der Waals surface area contributed by atoms with E-state index in [0.717, 1.165) is 12.1 Å². The van der Waals surface area contributed by atoms with Gasteiger partial charge in [-0.2, -0.15) is 5.26 Å². The van der Waals surface area contributed by atoms with Crippen LogP contribution in [0.3, 0.4) is 0 Å². The fourth-order valence-electron chi connectivity index (χ4n) is 2.23. The third-order valence-electron chi connectivity index (χ3n) is 3.28. The Morgan fingerprint density at radius 2 is 1.91 bits per heavy atom. The van der Waals surface area contributed by atoms with Crippen LogP contribution in [0.25, 0.3) is 10.8 Å². The molecule has 2 aromatic carbocycles. The summed E-state index contributed by atoms with van der Waals surface area (Å²) in [5, 5.41) is 9.87. The summed E-state index contributed by atoms with van der Waals surface area (Å²) in [7, 11) is -4.03. The average Bonchev–Trinajstić information content (AvgIpc) is 2.53. The first-order valence-corrected chi connectivity index (χ1v) is 7.80. The van der Waals surface area contributed by atoms with Crippen molar-refractivity contribution in [1.29, 1.82) is 5.26 Å². The minimum atomic E-state index is -4.03. The van der Waals surface area contributed by atoms with Gasteiger partial charge in [-0.1, -0.05) is 12.1 Å². The highest BCUT2D eigenvalue weighted by molar-refractivity contribution is 7.91. The van der Waals surface area contributed by atoms with Crippen LogP contribution >= 0.6 is 0 Å². The highest BCUT2D eigenvalue weighted by atomic mass is 32.2. The molecule has 108 valence electrons. The first-order valence-electron chi connectivity index (χ1n) is 6.31. The monoisotopic (exact) mass is 312 g/mol. The Morgan fingerprint density at radius 1 is 1.09 bits per heavy atom. The number of halogens is 1. The van der Waals surface area contributed by atoms with Crippen molar-refractivity contribution >= 4 is 20.6 Å². The van der Waals surface area contributed by atoms with E-state index in [2.05, 4.69) is 4.98 Å². The van der Waals surface area contributed by atoms with Gasteiger partial charge in [0.05, 0.1) is 16.5 Å². The Balaban J connectivity index is 2.28. The molecule has 0 bridgehead atoms. The summed E-state index contributed by atoms with van der Waals surface area (Å²) in [4.78, 5) is 3.51. The Hall–Kier alpha value is -2.78. The molecule has 0 aliphatic rings. The van der Waals surface area contributed by atoms with Crippen LogP contribution in [-0.4, -0.2) is 13.4 Å². The molecule has 0 fully saturated rings. The molecular weight excluding hydrogens is 303 g/mol. The molecule has 0 unspecified atom stereocenters. The van der Waals surface area contributed by atoms with E-state index >= 15 is 0 Å². The lowest BCUT2D eigenvalue weighted by Gasteiger charge is -2.09. The Morgan fingerprint density at radius 3 is 2.64 bits per heavy atom. The van der Waals surface area contributed by atoms with Crippen LogP contribution in [0.1, 0.15) is 5.56 Å². The molecule has 22 heavy (non-hydrogen) atoms. The van der Waals surface area contributed by atoms with E-state index in [1.54, 1.807) is 30.5 Å². The quantitative estimate of drug-likeness (QED) is 0.729. The molecule has 0 saturated heterocycles. The highest BCUT2D eigenvalue weighted by Gasteiger charge is 2.24. The van der Waals surface area contributed by atoms with Crippen molar-refractivity contribution in [3.8, 4) is 6.07 Å². The van der Waals surface area contributed by atoms with Crippen molar-refractivity contribution in [3.05, 3.63) is 66.2 Å². The second-order valence-electron chi connectivity index (χ2n) is 4.61. The normalized spacial score (nSPS) is 11.3. The van der Waals surface area contributed by atoms with Crippen LogP contribution in [0.4, 0.5) is 4.39 Å². The number of pyridine rings is 1. The van der Waals surface area contributed by atoms with Crippen LogP contribution in [0.2, 0.25) is 0 Å². The molecule has 3 rings (SSSR count). The maximum Gasteiger partial charge on any atom is 0.210 e. The zero-order valence-corrected chi connectivity index (χ0v) is 12.0. The molecule has 0 saturated carbocycles. The van der Waals surface area contributed by atoms with Crippen molar-refractivity contribution in [2.45, 2.75) is 9.79 Å². The third kappa shape index (κ3) is 2.22. The fraction of sp³-hybridized carbons (Fsp3) is 0. The van der Waals surface area contributed by atoms with E-state index in [1.165, 1.54) is 18.3 Å². The predicted molar refractivity (Wildman–Crippen MR) is 78.3 cm³/mol. The van der Waals surface area contributed by atoms with E-state index in [0.29, 0.717) is 10.8 Å². The van der Waals surface area contributed by atoms with E-state index in [9.17, 15) is 12.8 Å².